The molecule has 3 atom stereocenters. The number of nitrogens with two attached hydrogens (primary N) is 1. The van der Waals surface area contributed by atoms with Crippen molar-refractivity contribution in [2.24, 2.45) is 11.7 Å². The summed E-state index contributed by atoms with van der Waals surface area (Å²) in [6.07, 6.45) is -0.637. The smallest absolute Gasteiger partial charge is 0.368 e. The number of fused-ring (bicyclic) bond motifs is 1. The number of hydrogen-bond donors (Lipinski definition) is 1. The van der Waals surface area contributed by atoms with Crippen molar-refractivity contribution in [1.82, 2.24) is 0 Å². The van der Waals surface area contributed by atoms with E-state index >= 15 is 0 Å². The topological polar surface area (TPSA) is 89.5 Å². The van der Waals surface area contributed by atoms with Crippen LogP contribution in [0, 0.1) is 16.0 Å². The summed E-state index contributed by atoms with van der Waals surface area (Å²) in [6, 6.07) is 1.60. The van der Waals surface area contributed by atoms with Crippen molar-refractivity contribution in [3.05, 3.63) is 33.9 Å². The molecule has 0 bridgehead atoms. The molecule has 1 aromatic rings. The molecule has 6 nitrogen and oxygen atoms in total. The highest BCUT2D eigenvalue weighted by Crippen LogP contribution is 2.46. The lowest BCUT2D eigenvalue weighted by Crippen LogP contribution is -2.45. The van der Waals surface area contributed by atoms with E-state index < -0.39 is 34.3 Å². The third-order valence-corrected chi connectivity index (χ3v) is 5.19. The molecule has 136 valence electrons. The summed E-state index contributed by atoms with van der Waals surface area (Å²) in [7, 11) is 0. The molecule has 3 rings (SSSR count). The summed E-state index contributed by atoms with van der Waals surface area (Å²) in [5, 5.41) is 11.4. The van der Waals surface area contributed by atoms with Crippen LogP contribution in [0.25, 0.3) is 0 Å². The molecule has 1 amide bonds. The molecule has 1 heterocycles. The van der Waals surface area contributed by atoms with Gasteiger partial charge >= 0.3 is 6.18 Å². The quantitative estimate of drug-likeness (QED) is 0.664. The van der Waals surface area contributed by atoms with Crippen molar-refractivity contribution < 1.29 is 22.9 Å². The lowest BCUT2D eigenvalue weighted by molar-refractivity contribution is -0.384. The Morgan fingerprint density at radius 1 is 1.28 bits per heavy atom. The number of halogens is 3. The van der Waals surface area contributed by atoms with Gasteiger partial charge in [-0.1, -0.05) is 12.8 Å². The van der Waals surface area contributed by atoms with Crippen LogP contribution >= 0.6 is 0 Å². The third-order valence-electron chi connectivity index (χ3n) is 5.19. The van der Waals surface area contributed by atoms with Gasteiger partial charge in [-0.15, -0.1) is 0 Å². The summed E-state index contributed by atoms with van der Waals surface area (Å²) in [5.41, 5.74) is 3.78. The highest BCUT2D eigenvalue weighted by atomic mass is 19.4. The van der Waals surface area contributed by atoms with Crippen molar-refractivity contribution in [3.8, 4) is 0 Å². The Labute approximate surface area is 141 Å². The number of nitro benzene ring substituents is 1. The molecule has 1 saturated carbocycles. The molecular formula is C16H18F3N3O3. The molecular weight excluding hydrogens is 339 g/mol. The van der Waals surface area contributed by atoms with Gasteiger partial charge in [0, 0.05) is 12.1 Å². The van der Waals surface area contributed by atoms with Crippen LogP contribution in [-0.2, 0) is 11.0 Å². The second-order valence-corrected chi connectivity index (χ2v) is 6.63. The fourth-order valence-electron chi connectivity index (χ4n) is 4.12. The lowest BCUT2D eigenvalue weighted by atomic mass is 9.84. The number of benzene rings is 1. The highest BCUT2D eigenvalue weighted by Gasteiger charge is 2.46. The number of hydrogen-bond acceptors (Lipinski definition) is 4. The van der Waals surface area contributed by atoms with Crippen LogP contribution in [0.2, 0.25) is 0 Å². The Morgan fingerprint density at radius 3 is 2.56 bits per heavy atom. The predicted molar refractivity (Wildman–Crippen MR) is 83.9 cm³/mol. The number of rotatable bonds is 3. The van der Waals surface area contributed by atoms with Gasteiger partial charge < -0.3 is 10.6 Å². The van der Waals surface area contributed by atoms with Gasteiger partial charge in [-0.3, -0.25) is 14.9 Å². The van der Waals surface area contributed by atoms with Crippen molar-refractivity contribution >= 4 is 17.3 Å². The predicted octanol–water partition coefficient (Wildman–Crippen LogP) is 3.24. The minimum absolute atomic E-state index is 0.0381. The zero-order valence-electron chi connectivity index (χ0n) is 13.3. The largest absolute Gasteiger partial charge is 0.416 e. The Balaban J connectivity index is 2.09. The monoisotopic (exact) mass is 357 g/mol. The summed E-state index contributed by atoms with van der Waals surface area (Å²) in [5.74, 6) is -0.434. The molecule has 25 heavy (non-hydrogen) atoms. The number of amides is 1. The highest BCUT2D eigenvalue weighted by molar-refractivity contribution is 5.86. The maximum Gasteiger partial charge on any atom is 0.416 e. The number of nitrogens with zero attached hydrogens (tertiary/aromatic N) is 2. The first-order valence-electron chi connectivity index (χ1n) is 8.13. The molecule has 0 spiro atoms. The van der Waals surface area contributed by atoms with Crippen LogP contribution in [0.1, 0.15) is 37.7 Å². The van der Waals surface area contributed by atoms with Gasteiger partial charge in [-0.2, -0.15) is 13.2 Å². The third kappa shape index (κ3) is 3.14. The van der Waals surface area contributed by atoms with E-state index in [1.54, 1.807) is 4.90 Å². The van der Waals surface area contributed by atoms with E-state index in [1.165, 1.54) is 0 Å². The second kappa shape index (κ2) is 6.20. The van der Waals surface area contributed by atoms with Crippen LogP contribution in [0.5, 0.6) is 0 Å². The normalized spacial score (nSPS) is 26.4. The summed E-state index contributed by atoms with van der Waals surface area (Å²) < 4.78 is 38.7. The van der Waals surface area contributed by atoms with E-state index in [1.807, 2.05) is 0 Å². The molecule has 0 aromatic heterocycles. The molecule has 1 aliphatic carbocycles. The average Bonchev–Trinajstić information content (AvgIpc) is 2.93. The average molecular weight is 357 g/mol. The zero-order valence-corrected chi connectivity index (χ0v) is 13.3. The number of carbonyl (C=O) groups is 1. The number of primary amides is 1. The van der Waals surface area contributed by atoms with E-state index in [9.17, 15) is 28.1 Å². The number of nitro groups is 1. The van der Waals surface area contributed by atoms with Crippen molar-refractivity contribution in [1.29, 1.82) is 0 Å². The van der Waals surface area contributed by atoms with Crippen molar-refractivity contribution in [2.45, 2.75) is 50.4 Å². The summed E-state index contributed by atoms with van der Waals surface area (Å²) >= 11 is 0. The minimum Gasteiger partial charge on any atom is -0.368 e. The van der Waals surface area contributed by atoms with Gasteiger partial charge in [-0.25, -0.2) is 0 Å². The molecule has 2 aliphatic rings. The van der Waals surface area contributed by atoms with Crippen LogP contribution in [0.3, 0.4) is 0 Å². The molecule has 0 unspecified atom stereocenters. The maximum atomic E-state index is 12.9. The van der Waals surface area contributed by atoms with E-state index in [2.05, 4.69) is 0 Å². The fourth-order valence-corrected chi connectivity index (χ4v) is 4.12. The van der Waals surface area contributed by atoms with Gasteiger partial charge in [0.05, 0.1) is 10.5 Å². The number of anilines is 1. The van der Waals surface area contributed by atoms with Gasteiger partial charge in [0.15, 0.2) is 0 Å². The van der Waals surface area contributed by atoms with Crippen molar-refractivity contribution in [3.63, 3.8) is 0 Å². The standard InChI is InChI=1S/C16H18F3N3O3/c17-16(18,19)10-5-6-12(13(8-10)22(24)25)21-11-4-2-1-3-9(11)7-14(21)15(20)23/h5-6,8-9,11,14H,1-4,7H2,(H2,20,23)/t9-,11+,14+/m1/s1. The lowest BCUT2D eigenvalue weighted by Gasteiger charge is -2.34. The van der Waals surface area contributed by atoms with Gasteiger partial charge in [-0.05, 0) is 37.3 Å². The van der Waals surface area contributed by atoms with Gasteiger partial charge in [0.2, 0.25) is 5.91 Å². The number of alkyl halides is 3. The SMILES string of the molecule is NC(=O)[C@@H]1C[C@H]2CCCC[C@@H]2N1c1ccc(C(F)(F)F)cc1[N+](=O)[O-]. The Kier molecular flexibility index (Phi) is 4.34. The van der Waals surface area contributed by atoms with E-state index in [-0.39, 0.29) is 17.6 Å². The van der Waals surface area contributed by atoms with Crippen LogP contribution < -0.4 is 10.6 Å². The van der Waals surface area contributed by atoms with Crippen molar-refractivity contribution in [2.75, 3.05) is 4.90 Å². The van der Waals surface area contributed by atoms with Crippen LogP contribution in [0.4, 0.5) is 24.5 Å². The first kappa shape index (κ1) is 17.5. The van der Waals surface area contributed by atoms with E-state index in [0.29, 0.717) is 12.5 Å². The fraction of sp³-hybridized carbons (Fsp3) is 0.562. The molecule has 1 saturated heterocycles. The maximum absolute atomic E-state index is 12.9. The molecule has 1 aromatic carbocycles. The Bertz CT molecular complexity index is 708. The zero-order chi connectivity index (χ0) is 18.4. The summed E-state index contributed by atoms with van der Waals surface area (Å²) in [4.78, 5) is 24.0. The molecule has 0 radical (unpaired) electrons. The first-order valence-corrected chi connectivity index (χ1v) is 8.13. The number of carbonyl (C=O) groups excluding carboxylic acids is 1. The van der Waals surface area contributed by atoms with Gasteiger partial charge in [0.1, 0.15) is 11.7 Å². The molecule has 1 aliphatic heterocycles. The molecule has 2 N–H and O–H groups in total. The minimum atomic E-state index is -4.68. The molecule has 9 heteroatoms. The van der Waals surface area contributed by atoms with Crippen LogP contribution in [0.15, 0.2) is 18.2 Å². The second-order valence-electron chi connectivity index (χ2n) is 6.63. The van der Waals surface area contributed by atoms with Gasteiger partial charge in [0.25, 0.3) is 5.69 Å². The Hall–Kier alpha value is -2.32. The van der Waals surface area contributed by atoms with E-state index in [0.717, 1.165) is 37.8 Å². The van der Waals surface area contributed by atoms with Crippen LogP contribution in [-0.4, -0.2) is 22.9 Å². The summed E-state index contributed by atoms with van der Waals surface area (Å²) in [6.45, 7) is 0. The van der Waals surface area contributed by atoms with E-state index in [4.69, 9.17) is 5.73 Å². The molecule has 2 fully saturated rings. The Morgan fingerprint density at radius 2 is 1.96 bits per heavy atom. The first-order chi connectivity index (χ1) is 11.7.